The van der Waals surface area contributed by atoms with Crippen LogP contribution in [0.1, 0.15) is 17.9 Å². The van der Waals surface area contributed by atoms with Crippen molar-refractivity contribution in [2.24, 2.45) is 5.73 Å². The fourth-order valence-corrected chi connectivity index (χ4v) is 1.17. The number of hydrogen-bond acceptors (Lipinski definition) is 4. The molecule has 0 aromatic carbocycles. The normalized spacial score (nSPS) is 10.4. The highest BCUT2D eigenvalue weighted by Crippen LogP contribution is 1.95. The summed E-state index contributed by atoms with van der Waals surface area (Å²) in [5.74, 6) is 0.676. The van der Waals surface area contributed by atoms with E-state index in [1.807, 2.05) is 0 Å². The molecule has 1 heterocycles. The third-order valence-corrected chi connectivity index (χ3v) is 1.81. The number of aromatic amines is 1. The Morgan fingerprint density at radius 3 is 3.07 bits per heavy atom. The van der Waals surface area contributed by atoms with Crippen molar-refractivity contribution in [2.45, 2.75) is 19.4 Å². The van der Waals surface area contributed by atoms with Crippen LogP contribution in [0.25, 0.3) is 0 Å². The standard InChI is InChI=1S/C9H15N3O2/c1-14-4-2-3-8-11-7(6-10)5-9(13)12-8/h5H,2-4,6,10H2,1H3,(H,11,12,13). The van der Waals surface area contributed by atoms with Crippen molar-refractivity contribution in [2.75, 3.05) is 13.7 Å². The van der Waals surface area contributed by atoms with Crippen LogP contribution in [-0.4, -0.2) is 23.7 Å². The number of rotatable bonds is 5. The van der Waals surface area contributed by atoms with Crippen LogP contribution in [-0.2, 0) is 17.7 Å². The van der Waals surface area contributed by atoms with E-state index in [0.717, 1.165) is 6.42 Å². The van der Waals surface area contributed by atoms with E-state index in [0.29, 0.717) is 31.1 Å². The molecule has 0 spiro atoms. The van der Waals surface area contributed by atoms with E-state index in [1.54, 1.807) is 7.11 Å². The van der Waals surface area contributed by atoms with Gasteiger partial charge in [0.05, 0.1) is 5.69 Å². The fraction of sp³-hybridized carbons (Fsp3) is 0.556. The lowest BCUT2D eigenvalue weighted by Gasteiger charge is -2.01. The summed E-state index contributed by atoms with van der Waals surface area (Å²) < 4.78 is 4.91. The van der Waals surface area contributed by atoms with Crippen LogP contribution in [0.2, 0.25) is 0 Å². The Balaban J connectivity index is 2.67. The number of H-pyrrole nitrogens is 1. The first kappa shape index (κ1) is 10.9. The zero-order valence-electron chi connectivity index (χ0n) is 8.25. The number of hydrogen-bond donors (Lipinski definition) is 2. The molecule has 78 valence electrons. The lowest BCUT2D eigenvalue weighted by molar-refractivity contribution is 0.194. The minimum absolute atomic E-state index is 0.145. The van der Waals surface area contributed by atoms with Gasteiger partial charge >= 0.3 is 0 Å². The molecule has 14 heavy (non-hydrogen) atoms. The summed E-state index contributed by atoms with van der Waals surface area (Å²) >= 11 is 0. The van der Waals surface area contributed by atoms with E-state index in [-0.39, 0.29) is 5.56 Å². The van der Waals surface area contributed by atoms with Gasteiger partial charge in [0, 0.05) is 32.7 Å². The van der Waals surface area contributed by atoms with E-state index >= 15 is 0 Å². The average Bonchev–Trinajstić information content (AvgIpc) is 2.17. The van der Waals surface area contributed by atoms with E-state index in [1.165, 1.54) is 6.07 Å². The molecule has 3 N–H and O–H groups in total. The first-order valence-electron chi connectivity index (χ1n) is 4.54. The van der Waals surface area contributed by atoms with Crippen LogP contribution >= 0.6 is 0 Å². The number of ether oxygens (including phenoxy) is 1. The first-order valence-corrected chi connectivity index (χ1v) is 4.54. The fourth-order valence-electron chi connectivity index (χ4n) is 1.17. The molecule has 1 aromatic heterocycles. The van der Waals surface area contributed by atoms with Crippen molar-refractivity contribution < 1.29 is 4.74 Å². The van der Waals surface area contributed by atoms with Gasteiger partial charge in [-0.2, -0.15) is 0 Å². The highest BCUT2D eigenvalue weighted by Gasteiger charge is 1.99. The summed E-state index contributed by atoms with van der Waals surface area (Å²) in [7, 11) is 1.65. The van der Waals surface area contributed by atoms with Gasteiger partial charge in [-0.3, -0.25) is 4.79 Å². The molecule has 0 atom stereocenters. The van der Waals surface area contributed by atoms with Gasteiger partial charge in [-0.25, -0.2) is 4.98 Å². The highest BCUT2D eigenvalue weighted by atomic mass is 16.5. The van der Waals surface area contributed by atoms with Gasteiger partial charge in [0.2, 0.25) is 0 Å². The molecule has 0 saturated carbocycles. The molecular weight excluding hydrogens is 182 g/mol. The second kappa shape index (κ2) is 5.51. The third-order valence-electron chi connectivity index (χ3n) is 1.81. The molecule has 0 saturated heterocycles. The molecular formula is C9H15N3O2. The van der Waals surface area contributed by atoms with E-state index in [9.17, 15) is 4.79 Å². The highest BCUT2D eigenvalue weighted by molar-refractivity contribution is 5.02. The second-order valence-corrected chi connectivity index (χ2v) is 2.98. The van der Waals surface area contributed by atoms with Crippen molar-refractivity contribution in [3.05, 3.63) is 27.9 Å². The molecule has 0 radical (unpaired) electrons. The van der Waals surface area contributed by atoms with Crippen molar-refractivity contribution in [3.8, 4) is 0 Å². The molecule has 0 fully saturated rings. The van der Waals surface area contributed by atoms with E-state index in [4.69, 9.17) is 10.5 Å². The Bertz CT molecular complexity index is 335. The quantitative estimate of drug-likeness (QED) is 0.641. The maximum atomic E-state index is 11.1. The van der Waals surface area contributed by atoms with E-state index < -0.39 is 0 Å². The Labute approximate surface area is 82.3 Å². The maximum Gasteiger partial charge on any atom is 0.251 e. The maximum absolute atomic E-state index is 11.1. The number of nitrogens with two attached hydrogens (primary N) is 1. The average molecular weight is 197 g/mol. The number of aryl methyl sites for hydroxylation is 1. The molecule has 1 rings (SSSR count). The van der Waals surface area contributed by atoms with Crippen LogP contribution in [0.3, 0.4) is 0 Å². The first-order chi connectivity index (χ1) is 6.76. The van der Waals surface area contributed by atoms with Crippen LogP contribution in [0.15, 0.2) is 10.9 Å². The summed E-state index contributed by atoms with van der Waals surface area (Å²) in [4.78, 5) is 18.0. The SMILES string of the molecule is COCCCc1nc(CN)cc(=O)[nH]1. The van der Waals surface area contributed by atoms with Gasteiger partial charge in [-0.15, -0.1) is 0 Å². The largest absolute Gasteiger partial charge is 0.385 e. The third kappa shape index (κ3) is 3.27. The molecule has 0 aliphatic rings. The van der Waals surface area contributed by atoms with Gasteiger partial charge in [-0.1, -0.05) is 0 Å². The van der Waals surface area contributed by atoms with Crippen molar-refractivity contribution >= 4 is 0 Å². The number of nitrogens with zero attached hydrogens (tertiary/aromatic N) is 1. The van der Waals surface area contributed by atoms with Crippen molar-refractivity contribution in [1.29, 1.82) is 0 Å². The summed E-state index contributed by atoms with van der Waals surface area (Å²) in [6.07, 6.45) is 1.55. The van der Waals surface area contributed by atoms with E-state index in [2.05, 4.69) is 9.97 Å². The number of methoxy groups -OCH3 is 1. The molecule has 0 amide bonds. The monoisotopic (exact) mass is 197 g/mol. The predicted octanol–water partition coefficient (Wildman–Crippen LogP) is -0.192. The van der Waals surface area contributed by atoms with Crippen LogP contribution in [0.4, 0.5) is 0 Å². The molecule has 5 nitrogen and oxygen atoms in total. The Morgan fingerprint density at radius 1 is 1.64 bits per heavy atom. The lowest BCUT2D eigenvalue weighted by Crippen LogP contribution is -2.15. The second-order valence-electron chi connectivity index (χ2n) is 2.98. The Morgan fingerprint density at radius 2 is 2.43 bits per heavy atom. The minimum Gasteiger partial charge on any atom is -0.385 e. The zero-order valence-corrected chi connectivity index (χ0v) is 8.25. The summed E-state index contributed by atoms with van der Waals surface area (Å²) in [5.41, 5.74) is 5.88. The topological polar surface area (TPSA) is 81.0 Å². The van der Waals surface area contributed by atoms with Crippen molar-refractivity contribution in [3.63, 3.8) is 0 Å². The molecule has 0 unspecified atom stereocenters. The molecule has 0 aliphatic heterocycles. The zero-order chi connectivity index (χ0) is 10.4. The lowest BCUT2D eigenvalue weighted by atomic mass is 10.3. The number of nitrogens with one attached hydrogen (secondary N) is 1. The summed E-state index contributed by atoms with van der Waals surface area (Å²) in [6.45, 7) is 0.956. The van der Waals surface area contributed by atoms with Crippen molar-refractivity contribution in [1.82, 2.24) is 9.97 Å². The molecule has 1 aromatic rings. The molecule has 0 aliphatic carbocycles. The molecule has 5 heteroatoms. The van der Waals surface area contributed by atoms with Crippen LogP contribution in [0.5, 0.6) is 0 Å². The van der Waals surface area contributed by atoms with Gasteiger partial charge < -0.3 is 15.5 Å². The summed E-state index contributed by atoms with van der Waals surface area (Å²) in [6, 6.07) is 1.42. The smallest absolute Gasteiger partial charge is 0.251 e. The number of aromatic nitrogens is 2. The Hall–Kier alpha value is -1.20. The van der Waals surface area contributed by atoms with Crippen LogP contribution in [0, 0.1) is 0 Å². The van der Waals surface area contributed by atoms with Gasteiger partial charge in [-0.05, 0) is 6.42 Å². The van der Waals surface area contributed by atoms with Gasteiger partial charge in [0.1, 0.15) is 5.82 Å². The minimum atomic E-state index is -0.145. The Kier molecular flexibility index (Phi) is 4.28. The summed E-state index contributed by atoms with van der Waals surface area (Å²) in [5, 5.41) is 0. The van der Waals surface area contributed by atoms with Gasteiger partial charge in [0.25, 0.3) is 5.56 Å². The predicted molar refractivity (Wildman–Crippen MR) is 52.9 cm³/mol. The van der Waals surface area contributed by atoms with Gasteiger partial charge in [0.15, 0.2) is 0 Å². The molecule has 0 bridgehead atoms. The van der Waals surface area contributed by atoms with Crippen LogP contribution < -0.4 is 11.3 Å².